The first-order valence-corrected chi connectivity index (χ1v) is 8.64. The number of rotatable bonds is 5. The predicted molar refractivity (Wildman–Crippen MR) is 92.3 cm³/mol. The van der Waals surface area contributed by atoms with Crippen LogP contribution in [0.5, 0.6) is 0 Å². The molecule has 0 amide bonds. The third-order valence-electron chi connectivity index (χ3n) is 2.74. The number of aromatic nitrogens is 2. The maximum atomic E-state index is 4.60. The molecule has 5 heteroatoms. The van der Waals surface area contributed by atoms with Gasteiger partial charge in [0.2, 0.25) is 0 Å². The first-order valence-electron chi connectivity index (χ1n) is 6.86. The van der Waals surface area contributed by atoms with E-state index in [1.54, 1.807) is 11.8 Å². The van der Waals surface area contributed by atoms with Crippen LogP contribution in [0.1, 0.15) is 32.3 Å². The van der Waals surface area contributed by atoms with E-state index in [-0.39, 0.29) is 5.54 Å². The average Bonchev–Trinajstić information content (AvgIpc) is 2.44. The molecule has 0 saturated heterocycles. The summed E-state index contributed by atoms with van der Waals surface area (Å²) in [6.07, 6.45) is 1.84. The number of halogens is 1. The molecule has 0 aliphatic rings. The quantitative estimate of drug-likeness (QED) is 0.795. The van der Waals surface area contributed by atoms with Crippen LogP contribution in [0, 0.1) is 0 Å². The standard InChI is InChI=1S/C16H20BrN3S/c1-16(2,3)19-10-13-8-9-18-15(20-13)11-21-14-6-4-12(17)5-7-14/h4-9,19H,10-11H2,1-3H3. The van der Waals surface area contributed by atoms with E-state index < -0.39 is 0 Å². The third kappa shape index (κ3) is 6.16. The molecule has 0 unspecified atom stereocenters. The molecule has 0 bridgehead atoms. The number of nitrogens with zero attached hydrogens (tertiary/aromatic N) is 2. The van der Waals surface area contributed by atoms with Gasteiger partial charge in [-0.15, -0.1) is 11.8 Å². The Morgan fingerprint density at radius 1 is 1.14 bits per heavy atom. The molecule has 3 nitrogen and oxygen atoms in total. The van der Waals surface area contributed by atoms with Crippen molar-refractivity contribution in [3.63, 3.8) is 0 Å². The molecule has 0 fully saturated rings. The van der Waals surface area contributed by atoms with Crippen molar-refractivity contribution in [3.05, 3.63) is 52.5 Å². The van der Waals surface area contributed by atoms with E-state index in [1.165, 1.54) is 4.90 Å². The normalized spacial score (nSPS) is 11.6. The molecule has 112 valence electrons. The first kappa shape index (κ1) is 16.5. The van der Waals surface area contributed by atoms with Gasteiger partial charge in [-0.1, -0.05) is 15.9 Å². The van der Waals surface area contributed by atoms with Gasteiger partial charge in [-0.25, -0.2) is 9.97 Å². The van der Waals surface area contributed by atoms with Crippen molar-refractivity contribution in [1.29, 1.82) is 0 Å². The van der Waals surface area contributed by atoms with Crippen molar-refractivity contribution in [2.45, 2.75) is 43.5 Å². The second-order valence-corrected chi connectivity index (χ2v) is 7.77. The number of nitrogens with one attached hydrogen (secondary N) is 1. The lowest BCUT2D eigenvalue weighted by molar-refractivity contribution is 0.421. The summed E-state index contributed by atoms with van der Waals surface area (Å²) in [6.45, 7) is 7.22. The molecule has 21 heavy (non-hydrogen) atoms. The van der Waals surface area contributed by atoms with Crippen molar-refractivity contribution >= 4 is 27.7 Å². The highest BCUT2D eigenvalue weighted by Gasteiger charge is 2.09. The minimum atomic E-state index is 0.0945. The summed E-state index contributed by atoms with van der Waals surface area (Å²) in [5.41, 5.74) is 1.13. The molecule has 1 heterocycles. The maximum Gasteiger partial charge on any atom is 0.138 e. The van der Waals surface area contributed by atoms with Gasteiger partial charge in [0.25, 0.3) is 0 Å². The summed E-state index contributed by atoms with van der Waals surface area (Å²) in [5.74, 6) is 1.65. The fraction of sp³-hybridized carbons (Fsp3) is 0.375. The summed E-state index contributed by atoms with van der Waals surface area (Å²) in [4.78, 5) is 10.2. The van der Waals surface area contributed by atoms with E-state index >= 15 is 0 Å². The Labute approximate surface area is 139 Å². The lowest BCUT2D eigenvalue weighted by Gasteiger charge is -2.20. The molecule has 2 rings (SSSR count). The Kier molecular flexibility index (Phi) is 5.79. The SMILES string of the molecule is CC(C)(C)NCc1ccnc(CSc2ccc(Br)cc2)n1. The first-order chi connectivity index (χ1) is 9.92. The summed E-state index contributed by atoms with van der Waals surface area (Å²) < 4.78 is 1.10. The minimum absolute atomic E-state index is 0.0945. The molecular weight excluding hydrogens is 346 g/mol. The van der Waals surface area contributed by atoms with Crippen LogP contribution in [-0.4, -0.2) is 15.5 Å². The number of hydrogen-bond acceptors (Lipinski definition) is 4. The molecule has 2 aromatic rings. The van der Waals surface area contributed by atoms with Crippen LogP contribution in [0.3, 0.4) is 0 Å². The highest BCUT2D eigenvalue weighted by Crippen LogP contribution is 2.23. The molecular formula is C16H20BrN3S. The van der Waals surface area contributed by atoms with E-state index in [2.05, 4.69) is 64.1 Å². The average molecular weight is 366 g/mol. The van der Waals surface area contributed by atoms with Crippen molar-refractivity contribution < 1.29 is 0 Å². The molecule has 1 N–H and O–H groups in total. The number of benzene rings is 1. The molecule has 0 spiro atoms. The van der Waals surface area contributed by atoms with E-state index in [4.69, 9.17) is 0 Å². The summed E-state index contributed by atoms with van der Waals surface area (Å²) >= 11 is 5.19. The van der Waals surface area contributed by atoms with Gasteiger partial charge >= 0.3 is 0 Å². The van der Waals surface area contributed by atoms with Crippen molar-refractivity contribution in [1.82, 2.24) is 15.3 Å². The molecule has 1 aromatic carbocycles. The second-order valence-electron chi connectivity index (χ2n) is 5.81. The van der Waals surface area contributed by atoms with Crippen molar-refractivity contribution in [2.24, 2.45) is 0 Å². The largest absolute Gasteiger partial charge is 0.306 e. The molecule has 0 radical (unpaired) electrons. The Hall–Kier alpha value is -0.910. The van der Waals surface area contributed by atoms with Crippen molar-refractivity contribution in [2.75, 3.05) is 0 Å². The fourth-order valence-corrected chi connectivity index (χ4v) is 2.67. The summed E-state index contributed by atoms with van der Waals surface area (Å²) in [6, 6.07) is 10.3. The van der Waals surface area contributed by atoms with Gasteiger partial charge in [0, 0.05) is 27.6 Å². The van der Waals surface area contributed by atoms with Crippen LogP contribution >= 0.6 is 27.7 Å². The monoisotopic (exact) mass is 365 g/mol. The van der Waals surface area contributed by atoms with Crippen LogP contribution in [0.25, 0.3) is 0 Å². The van der Waals surface area contributed by atoms with E-state index in [0.717, 1.165) is 28.3 Å². The van der Waals surface area contributed by atoms with E-state index in [1.807, 2.05) is 24.4 Å². The van der Waals surface area contributed by atoms with Gasteiger partial charge in [0.1, 0.15) is 5.82 Å². The topological polar surface area (TPSA) is 37.8 Å². The Morgan fingerprint density at radius 2 is 1.86 bits per heavy atom. The summed E-state index contributed by atoms with van der Waals surface area (Å²) in [7, 11) is 0. The predicted octanol–water partition coefficient (Wildman–Crippen LogP) is 4.42. The zero-order chi connectivity index (χ0) is 15.3. The lowest BCUT2D eigenvalue weighted by atomic mass is 10.1. The van der Waals surface area contributed by atoms with Crippen LogP contribution in [0.2, 0.25) is 0 Å². The van der Waals surface area contributed by atoms with E-state index in [0.29, 0.717) is 0 Å². The smallest absolute Gasteiger partial charge is 0.138 e. The summed E-state index contributed by atoms with van der Waals surface area (Å²) in [5, 5.41) is 3.44. The Balaban J connectivity index is 1.93. The van der Waals surface area contributed by atoms with Crippen LogP contribution in [0.15, 0.2) is 45.9 Å². The molecule has 0 saturated carbocycles. The van der Waals surface area contributed by atoms with Gasteiger partial charge in [-0.3, -0.25) is 0 Å². The lowest BCUT2D eigenvalue weighted by Crippen LogP contribution is -2.35. The van der Waals surface area contributed by atoms with Gasteiger partial charge in [0.15, 0.2) is 0 Å². The van der Waals surface area contributed by atoms with Crippen LogP contribution in [-0.2, 0) is 12.3 Å². The third-order valence-corrected chi connectivity index (χ3v) is 4.28. The molecule has 0 atom stereocenters. The van der Waals surface area contributed by atoms with E-state index in [9.17, 15) is 0 Å². The zero-order valence-corrected chi connectivity index (χ0v) is 15.0. The fourth-order valence-electron chi connectivity index (χ4n) is 1.64. The molecule has 1 aromatic heterocycles. The van der Waals surface area contributed by atoms with Gasteiger partial charge in [-0.2, -0.15) is 0 Å². The Morgan fingerprint density at radius 3 is 2.52 bits per heavy atom. The maximum absolute atomic E-state index is 4.60. The van der Waals surface area contributed by atoms with Crippen molar-refractivity contribution in [3.8, 4) is 0 Å². The van der Waals surface area contributed by atoms with Crippen LogP contribution < -0.4 is 5.32 Å². The molecule has 0 aliphatic heterocycles. The van der Waals surface area contributed by atoms with Gasteiger partial charge in [0.05, 0.1) is 11.4 Å². The number of thioether (sulfide) groups is 1. The van der Waals surface area contributed by atoms with Crippen LogP contribution in [0.4, 0.5) is 0 Å². The highest BCUT2D eigenvalue weighted by atomic mass is 79.9. The van der Waals surface area contributed by atoms with Gasteiger partial charge in [-0.05, 0) is 51.1 Å². The second kappa shape index (κ2) is 7.38. The Bertz CT molecular complexity index is 579. The zero-order valence-electron chi connectivity index (χ0n) is 12.6. The minimum Gasteiger partial charge on any atom is -0.306 e. The van der Waals surface area contributed by atoms with Gasteiger partial charge < -0.3 is 5.32 Å². The highest BCUT2D eigenvalue weighted by molar-refractivity contribution is 9.10. The molecule has 0 aliphatic carbocycles. The number of hydrogen-bond donors (Lipinski definition) is 1.